The standard InChI is InChI=1S/C21H26N4O4S/c1-13-17(14(2)24-21(23-13)30-4)10-11-18(26)29-15(3)19(27)25-20(28)22-12-16-8-6-5-7-9-16/h5-9,15H,10-12H2,1-4H3,(H2,22,25,27,28). The highest BCUT2D eigenvalue weighted by Gasteiger charge is 2.20. The van der Waals surface area contributed by atoms with Crippen LogP contribution in [-0.2, 0) is 27.3 Å². The minimum absolute atomic E-state index is 0.0848. The zero-order chi connectivity index (χ0) is 22.1. The molecule has 0 aliphatic carbocycles. The molecule has 0 aliphatic rings. The van der Waals surface area contributed by atoms with Crippen molar-refractivity contribution in [3.63, 3.8) is 0 Å². The van der Waals surface area contributed by atoms with Crippen LogP contribution in [-0.4, -0.2) is 40.2 Å². The molecule has 0 bridgehead atoms. The third-order valence-corrected chi connectivity index (χ3v) is 4.92. The van der Waals surface area contributed by atoms with E-state index in [1.54, 1.807) is 0 Å². The molecule has 160 valence electrons. The molecule has 9 heteroatoms. The second kappa shape index (κ2) is 11.3. The van der Waals surface area contributed by atoms with Crippen molar-refractivity contribution in [2.75, 3.05) is 6.26 Å². The first-order valence-corrected chi connectivity index (χ1v) is 10.7. The van der Waals surface area contributed by atoms with E-state index in [0.717, 1.165) is 22.5 Å². The van der Waals surface area contributed by atoms with Gasteiger partial charge in [-0.2, -0.15) is 0 Å². The molecule has 0 aliphatic heterocycles. The van der Waals surface area contributed by atoms with Crippen molar-refractivity contribution in [2.45, 2.75) is 51.4 Å². The molecule has 1 aromatic heterocycles. The molecule has 8 nitrogen and oxygen atoms in total. The molecular weight excluding hydrogens is 404 g/mol. The fourth-order valence-corrected chi connectivity index (χ4v) is 3.19. The lowest BCUT2D eigenvalue weighted by atomic mass is 10.1. The fourth-order valence-electron chi connectivity index (χ4n) is 2.73. The van der Waals surface area contributed by atoms with Gasteiger partial charge in [-0.3, -0.25) is 14.9 Å². The smallest absolute Gasteiger partial charge is 0.321 e. The monoisotopic (exact) mass is 430 g/mol. The number of urea groups is 1. The van der Waals surface area contributed by atoms with E-state index < -0.39 is 24.0 Å². The lowest BCUT2D eigenvalue weighted by Crippen LogP contribution is -2.44. The Hall–Kier alpha value is -2.94. The summed E-state index contributed by atoms with van der Waals surface area (Å²) in [5.41, 5.74) is 3.43. The Balaban J connectivity index is 1.78. The van der Waals surface area contributed by atoms with E-state index in [9.17, 15) is 14.4 Å². The van der Waals surface area contributed by atoms with Gasteiger partial charge in [0.15, 0.2) is 11.3 Å². The van der Waals surface area contributed by atoms with E-state index in [1.807, 2.05) is 50.4 Å². The van der Waals surface area contributed by atoms with E-state index in [4.69, 9.17) is 4.74 Å². The second-order valence-corrected chi connectivity index (χ2v) is 7.42. The third kappa shape index (κ3) is 7.14. The number of thioether (sulfide) groups is 1. The Morgan fingerprint density at radius 3 is 2.33 bits per heavy atom. The van der Waals surface area contributed by atoms with Crippen LogP contribution in [0.1, 0.15) is 35.9 Å². The Bertz CT molecular complexity index is 882. The number of ether oxygens (including phenoxy) is 1. The van der Waals surface area contributed by atoms with Crippen molar-refractivity contribution in [1.29, 1.82) is 0 Å². The van der Waals surface area contributed by atoms with Crippen molar-refractivity contribution >= 4 is 29.7 Å². The molecule has 2 aromatic rings. The molecule has 1 unspecified atom stereocenters. The topological polar surface area (TPSA) is 110 Å². The predicted octanol–water partition coefficient (Wildman–Crippen LogP) is 2.71. The first-order chi connectivity index (χ1) is 14.3. The maximum Gasteiger partial charge on any atom is 0.321 e. The number of benzene rings is 1. The van der Waals surface area contributed by atoms with Crippen LogP contribution in [0.4, 0.5) is 4.79 Å². The summed E-state index contributed by atoms with van der Waals surface area (Å²) < 4.78 is 5.15. The molecule has 1 heterocycles. The van der Waals surface area contributed by atoms with Crippen molar-refractivity contribution in [3.05, 3.63) is 52.8 Å². The summed E-state index contributed by atoms with van der Waals surface area (Å²) >= 11 is 1.46. The predicted molar refractivity (Wildman–Crippen MR) is 114 cm³/mol. The van der Waals surface area contributed by atoms with Crippen LogP contribution in [0.3, 0.4) is 0 Å². The van der Waals surface area contributed by atoms with E-state index in [1.165, 1.54) is 18.7 Å². The Morgan fingerprint density at radius 1 is 1.10 bits per heavy atom. The van der Waals surface area contributed by atoms with E-state index in [2.05, 4.69) is 20.6 Å². The summed E-state index contributed by atoms with van der Waals surface area (Å²) in [5.74, 6) is -1.22. The number of amides is 3. The summed E-state index contributed by atoms with van der Waals surface area (Å²) in [6.45, 7) is 5.45. The van der Waals surface area contributed by atoms with Crippen LogP contribution < -0.4 is 10.6 Å². The number of carbonyl (C=O) groups excluding carboxylic acids is 3. The summed E-state index contributed by atoms with van der Waals surface area (Å²) in [4.78, 5) is 44.8. The summed E-state index contributed by atoms with van der Waals surface area (Å²) in [7, 11) is 0. The lowest BCUT2D eigenvalue weighted by Gasteiger charge is -2.14. The van der Waals surface area contributed by atoms with Crippen LogP contribution in [0.2, 0.25) is 0 Å². The lowest BCUT2D eigenvalue weighted by molar-refractivity contribution is -0.154. The third-order valence-electron chi connectivity index (χ3n) is 4.37. The highest BCUT2D eigenvalue weighted by atomic mass is 32.2. The summed E-state index contributed by atoms with van der Waals surface area (Å²) in [6, 6.07) is 8.65. The number of nitrogens with zero attached hydrogens (tertiary/aromatic N) is 2. The normalized spacial score (nSPS) is 11.5. The van der Waals surface area contributed by atoms with Crippen molar-refractivity contribution < 1.29 is 19.1 Å². The molecular formula is C21H26N4O4S. The van der Waals surface area contributed by atoms with Gasteiger partial charge in [-0.1, -0.05) is 42.1 Å². The molecule has 0 spiro atoms. The second-order valence-electron chi connectivity index (χ2n) is 6.65. The molecule has 2 rings (SSSR count). The maximum absolute atomic E-state index is 12.1. The highest BCUT2D eigenvalue weighted by molar-refractivity contribution is 7.98. The molecule has 0 saturated heterocycles. The Labute approximate surface area is 180 Å². The van der Waals surface area contributed by atoms with Gasteiger partial charge in [0, 0.05) is 24.4 Å². The van der Waals surface area contributed by atoms with Crippen LogP contribution in [0, 0.1) is 13.8 Å². The molecule has 3 amide bonds. The van der Waals surface area contributed by atoms with Crippen LogP contribution in [0.5, 0.6) is 0 Å². The van der Waals surface area contributed by atoms with Gasteiger partial charge in [-0.05, 0) is 44.6 Å². The number of hydrogen-bond donors (Lipinski definition) is 2. The van der Waals surface area contributed by atoms with Crippen molar-refractivity contribution in [1.82, 2.24) is 20.6 Å². The van der Waals surface area contributed by atoms with E-state index in [-0.39, 0.29) is 13.0 Å². The number of nitrogens with one attached hydrogen (secondary N) is 2. The number of aryl methyl sites for hydroxylation is 2. The number of hydrogen-bond acceptors (Lipinski definition) is 7. The number of carbonyl (C=O) groups is 3. The molecule has 0 saturated carbocycles. The van der Waals surface area contributed by atoms with E-state index >= 15 is 0 Å². The summed E-state index contributed by atoms with van der Waals surface area (Å²) in [5, 5.41) is 5.44. The van der Waals surface area contributed by atoms with Gasteiger partial charge >= 0.3 is 12.0 Å². The van der Waals surface area contributed by atoms with Gasteiger partial charge in [0.1, 0.15) is 0 Å². The Kier molecular flexibility index (Phi) is 8.79. The number of rotatable bonds is 8. The first kappa shape index (κ1) is 23.3. The minimum atomic E-state index is -1.09. The van der Waals surface area contributed by atoms with Gasteiger partial charge < -0.3 is 10.1 Å². The zero-order valence-corrected chi connectivity index (χ0v) is 18.3. The van der Waals surface area contributed by atoms with Crippen molar-refractivity contribution in [2.24, 2.45) is 0 Å². The number of imide groups is 1. The average molecular weight is 431 g/mol. The zero-order valence-electron chi connectivity index (χ0n) is 17.5. The van der Waals surface area contributed by atoms with Crippen molar-refractivity contribution in [3.8, 4) is 0 Å². The highest BCUT2D eigenvalue weighted by Crippen LogP contribution is 2.17. The van der Waals surface area contributed by atoms with Crippen LogP contribution >= 0.6 is 11.8 Å². The molecule has 1 aromatic carbocycles. The molecule has 2 N–H and O–H groups in total. The quantitative estimate of drug-likeness (QED) is 0.376. The first-order valence-electron chi connectivity index (χ1n) is 9.50. The van der Waals surface area contributed by atoms with Crippen LogP contribution in [0.15, 0.2) is 35.5 Å². The van der Waals surface area contributed by atoms with Gasteiger partial charge in [0.25, 0.3) is 5.91 Å². The molecule has 0 radical (unpaired) electrons. The number of esters is 1. The minimum Gasteiger partial charge on any atom is -0.453 e. The number of aromatic nitrogens is 2. The summed E-state index contributed by atoms with van der Waals surface area (Å²) in [6.07, 6.45) is 1.32. The van der Waals surface area contributed by atoms with Gasteiger partial charge in [-0.15, -0.1) is 0 Å². The maximum atomic E-state index is 12.1. The van der Waals surface area contributed by atoms with Gasteiger partial charge in [-0.25, -0.2) is 14.8 Å². The molecule has 0 fully saturated rings. The largest absolute Gasteiger partial charge is 0.453 e. The Morgan fingerprint density at radius 2 is 1.73 bits per heavy atom. The van der Waals surface area contributed by atoms with Crippen LogP contribution in [0.25, 0.3) is 0 Å². The SMILES string of the molecule is CSc1nc(C)c(CCC(=O)OC(C)C(=O)NC(=O)NCc2ccccc2)c(C)n1. The fraction of sp³-hybridized carbons (Fsp3) is 0.381. The van der Waals surface area contributed by atoms with E-state index in [0.29, 0.717) is 11.6 Å². The average Bonchev–Trinajstić information content (AvgIpc) is 2.72. The van der Waals surface area contributed by atoms with Gasteiger partial charge in [0.05, 0.1) is 0 Å². The van der Waals surface area contributed by atoms with Gasteiger partial charge in [0.2, 0.25) is 0 Å². The molecule has 1 atom stereocenters. The molecule has 30 heavy (non-hydrogen) atoms.